The Balaban J connectivity index is 1.19. The minimum Gasteiger partial charge on any atom is -0.378 e. The first-order valence-corrected chi connectivity index (χ1v) is 13.1. The van der Waals surface area contributed by atoms with Gasteiger partial charge < -0.3 is 4.74 Å². The van der Waals surface area contributed by atoms with Gasteiger partial charge in [-0.05, 0) is 86.9 Å². The maximum atomic E-state index is 15.2. The van der Waals surface area contributed by atoms with Crippen molar-refractivity contribution in [3.05, 3.63) is 0 Å². The molecule has 0 N–H and O–H groups in total. The zero-order chi connectivity index (χ0) is 21.1. The lowest BCUT2D eigenvalue weighted by Crippen LogP contribution is -2.45. The predicted molar refractivity (Wildman–Crippen MR) is 116 cm³/mol. The Kier molecular flexibility index (Phi) is 8.08. The van der Waals surface area contributed by atoms with Crippen LogP contribution in [0.2, 0.25) is 0 Å². The van der Waals surface area contributed by atoms with Crippen molar-refractivity contribution in [2.45, 2.75) is 121 Å². The number of ether oxygens (including phenoxy) is 1. The lowest BCUT2D eigenvalue weighted by atomic mass is 9.64. The molecule has 7 atom stereocenters. The van der Waals surface area contributed by atoms with Crippen LogP contribution in [0.15, 0.2) is 0 Å². The fourth-order valence-electron chi connectivity index (χ4n) is 7.17. The quantitative estimate of drug-likeness (QED) is 0.438. The number of alkyl halides is 3. The zero-order valence-corrected chi connectivity index (χ0v) is 18.9. The second-order valence-corrected chi connectivity index (χ2v) is 11.2. The summed E-state index contributed by atoms with van der Waals surface area (Å²) < 4.78 is 50.2. The summed E-state index contributed by atoms with van der Waals surface area (Å²) in [6.07, 6.45) is 11.1. The highest BCUT2D eigenvalue weighted by Crippen LogP contribution is 2.47. The summed E-state index contributed by atoms with van der Waals surface area (Å²) in [5.74, 6) is 1.34. The molecule has 0 heterocycles. The fraction of sp³-hybridized carbons (Fsp3) is 1.00. The van der Waals surface area contributed by atoms with Crippen LogP contribution in [-0.2, 0) is 4.74 Å². The number of halogens is 3. The van der Waals surface area contributed by atoms with Crippen molar-refractivity contribution in [2.75, 3.05) is 6.61 Å². The maximum Gasteiger partial charge on any atom is 0.134 e. The average Bonchev–Trinajstić information content (AvgIpc) is 2.77. The van der Waals surface area contributed by atoms with E-state index in [1.807, 2.05) is 6.92 Å². The molecule has 1 nitrogen and oxygen atoms in total. The van der Waals surface area contributed by atoms with Gasteiger partial charge in [-0.15, -0.1) is 0 Å². The lowest BCUT2D eigenvalue weighted by Gasteiger charge is -2.44. The van der Waals surface area contributed by atoms with Gasteiger partial charge in [0, 0.05) is 13.0 Å². The molecule has 4 unspecified atom stereocenters. The molecule has 0 aromatic rings. The molecule has 4 fully saturated rings. The fourth-order valence-corrected chi connectivity index (χ4v) is 7.17. The van der Waals surface area contributed by atoms with Gasteiger partial charge in [0.25, 0.3) is 0 Å². The van der Waals surface area contributed by atoms with Crippen molar-refractivity contribution in [3.8, 4) is 0 Å². The van der Waals surface area contributed by atoms with E-state index < -0.39 is 18.5 Å². The molecule has 0 aromatic heterocycles. The lowest BCUT2D eigenvalue weighted by molar-refractivity contribution is -0.0479. The summed E-state index contributed by atoms with van der Waals surface area (Å²) in [7, 11) is 0. The largest absolute Gasteiger partial charge is 0.378 e. The third-order valence-corrected chi connectivity index (χ3v) is 9.32. The maximum absolute atomic E-state index is 15.2. The first-order chi connectivity index (χ1) is 14.5. The van der Waals surface area contributed by atoms with Gasteiger partial charge in [0.1, 0.15) is 18.5 Å². The van der Waals surface area contributed by atoms with E-state index in [0.29, 0.717) is 24.2 Å². The molecule has 0 bridgehead atoms. The Labute approximate surface area is 181 Å². The van der Waals surface area contributed by atoms with E-state index in [9.17, 15) is 4.39 Å². The summed E-state index contributed by atoms with van der Waals surface area (Å²) in [6.45, 7) is 2.71. The summed E-state index contributed by atoms with van der Waals surface area (Å²) in [6, 6.07) is 0. The Hall–Kier alpha value is -0.250. The Morgan fingerprint density at radius 3 is 1.87 bits per heavy atom. The van der Waals surface area contributed by atoms with Gasteiger partial charge in [-0.2, -0.15) is 0 Å². The van der Waals surface area contributed by atoms with E-state index in [1.54, 1.807) is 0 Å². The van der Waals surface area contributed by atoms with Crippen LogP contribution >= 0.6 is 0 Å². The van der Waals surface area contributed by atoms with Crippen LogP contribution in [0.5, 0.6) is 0 Å². The number of hydrogen-bond acceptors (Lipinski definition) is 1. The highest BCUT2D eigenvalue weighted by molar-refractivity contribution is 4.95. The molecule has 0 saturated heterocycles. The van der Waals surface area contributed by atoms with Gasteiger partial charge in [0.15, 0.2) is 0 Å². The minimum atomic E-state index is -1.26. The molecular weight excluding hydrogens is 385 g/mol. The van der Waals surface area contributed by atoms with E-state index in [0.717, 1.165) is 70.8 Å². The molecule has 4 saturated carbocycles. The molecule has 0 aromatic carbocycles. The minimum absolute atomic E-state index is 0.0289. The molecule has 0 aliphatic heterocycles. The van der Waals surface area contributed by atoms with Gasteiger partial charge in [0.05, 0.1) is 6.10 Å². The third kappa shape index (κ3) is 5.38. The second kappa shape index (κ2) is 10.6. The molecule has 4 aliphatic carbocycles. The van der Waals surface area contributed by atoms with Crippen LogP contribution in [0.1, 0.15) is 96.8 Å². The summed E-state index contributed by atoms with van der Waals surface area (Å²) in [4.78, 5) is 0. The zero-order valence-electron chi connectivity index (χ0n) is 18.9. The van der Waals surface area contributed by atoms with E-state index in [-0.39, 0.29) is 23.9 Å². The third-order valence-electron chi connectivity index (χ3n) is 9.32. The SMILES string of the molecule is CC1CCC(OCC2CCC(C3CC[C@@H](C4CCCCC4)C(F)[C@H]3F)CC2)C[C@H]1F. The molecule has 4 heteroatoms. The van der Waals surface area contributed by atoms with Crippen LogP contribution in [0, 0.1) is 35.5 Å². The highest BCUT2D eigenvalue weighted by atomic mass is 19.2. The molecule has 0 radical (unpaired) electrons. The van der Waals surface area contributed by atoms with E-state index in [4.69, 9.17) is 4.74 Å². The first-order valence-electron chi connectivity index (χ1n) is 13.1. The van der Waals surface area contributed by atoms with Crippen molar-refractivity contribution in [3.63, 3.8) is 0 Å². The van der Waals surface area contributed by atoms with Gasteiger partial charge >= 0.3 is 0 Å². The molecule has 0 spiro atoms. The second-order valence-electron chi connectivity index (χ2n) is 11.2. The molecule has 4 rings (SSSR count). The first kappa shape index (κ1) is 22.9. The molecule has 0 amide bonds. The van der Waals surface area contributed by atoms with Crippen LogP contribution in [-0.4, -0.2) is 31.2 Å². The molecule has 30 heavy (non-hydrogen) atoms. The summed E-state index contributed by atoms with van der Waals surface area (Å²) in [5, 5.41) is 0. The molecular formula is C26H43F3O. The average molecular weight is 429 g/mol. The topological polar surface area (TPSA) is 9.23 Å². The van der Waals surface area contributed by atoms with Crippen molar-refractivity contribution in [1.29, 1.82) is 0 Å². The molecule has 174 valence electrons. The van der Waals surface area contributed by atoms with Crippen molar-refractivity contribution >= 4 is 0 Å². The van der Waals surface area contributed by atoms with Crippen molar-refractivity contribution in [2.24, 2.45) is 35.5 Å². The van der Waals surface area contributed by atoms with Crippen LogP contribution in [0.3, 0.4) is 0 Å². The van der Waals surface area contributed by atoms with Crippen LogP contribution in [0.4, 0.5) is 13.2 Å². The van der Waals surface area contributed by atoms with E-state index >= 15 is 8.78 Å². The van der Waals surface area contributed by atoms with Gasteiger partial charge in [-0.1, -0.05) is 39.0 Å². The monoisotopic (exact) mass is 428 g/mol. The summed E-state index contributed by atoms with van der Waals surface area (Å²) >= 11 is 0. The number of rotatable bonds is 5. The van der Waals surface area contributed by atoms with Crippen molar-refractivity contribution < 1.29 is 17.9 Å². The van der Waals surface area contributed by atoms with Gasteiger partial charge in [-0.3, -0.25) is 0 Å². The van der Waals surface area contributed by atoms with Crippen molar-refractivity contribution in [1.82, 2.24) is 0 Å². The number of hydrogen-bond donors (Lipinski definition) is 0. The van der Waals surface area contributed by atoms with Crippen LogP contribution in [0.25, 0.3) is 0 Å². The normalized spacial score (nSPS) is 46.6. The standard InChI is InChI=1S/C26H43F3O/c1-17-7-12-21(15-24(17)27)30-16-18-8-10-20(11-9-18)23-14-13-22(25(28)26(23)29)19-5-3-2-4-6-19/h17-26H,2-16H2,1H3/t17?,18?,20?,21?,22-,23?,24+,25?,26-/m0/s1. The van der Waals surface area contributed by atoms with E-state index in [2.05, 4.69) is 0 Å². The Morgan fingerprint density at radius 2 is 1.27 bits per heavy atom. The smallest absolute Gasteiger partial charge is 0.134 e. The predicted octanol–water partition coefficient (Wildman–Crippen LogP) is 7.62. The van der Waals surface area contributed by atoms with Crippen LogP contribution < -0.4 is 0 Å². The highest BCUT2D eigenvalue weighted by Gasteiger charge is 2.46. The molecule has 4 aliphatic rings. The van der Waals surface area contributed by atoms with Gasteiger partial charge in [0.2, 0.25) is 0 Å². The Bertz CT molecular complexity index is 514. The summed E-state index contributed by atoms with van der Waals surface area (Å²) in [5.41, 5.74) is 0. The van der Waals surface area contributed by atoms with Gasteiger partial charge in [-0.25, -0.2) is 13.2 Å². The van der Waals surface area contributed by atoms with E-state index in [1.165, 1.54) is 19.3 Å². The Morgan fingerprint density at radius 1 is 0.667 bits per heavy atom.